The first-order valence-corrected chi connectivity index (χ1v) is 4.72. The second-order valence-electron chi connectivity index (χ2n) is 3.97. The molecule has 4 heteroatoms. The first-order chi connectivity index (χ1) is 6.43. The van der Waals surface area contributed by atoms with Crippen LogP contribution in [0.25, 0.3) is 0 Å². The number of ketones is 3. The molecule has 0 aliphatic heterocycles. The Morgan fingerprint density at radius 2 is 1.71 bits per heavy atom. The van der Waals surface area contributed by atoms with Crippen molar-refractivity contribution in [2.24, 2.45) is 11.8 Å². The first-order valence-electron chi connectivity index (χ1n) is 4.72. The SMILES string of the molecule is CC(O)C1CC(=O)C(=O)C(=O)CC1C. The van der Waals surface area contributed by atoms with Crippen LogP contribution in [0, 0.1) is 11.8 Å². The molecule has 0 bridgehead atoms. The zero-order valence-corrected chi connectivity index (χ0v) is 8.32. The first kappa shape index (κ1) is 11.0. The van der Waals surface area contributed by atoms with E-state index in [1.165, 1.54) is 0 Å². The average Bonchev–Trinajstić information content (AvgIpc) is 2.18. The number of Topliss-reactive ketones (excluding diaryl/α,β-unsaturated/α-hetero) is 3. The predicted molar refractivity (Wildman–Crippen MR) is 48.6 cm³/mol. The number of rotatable bonds is 1. The van der Waals surface area contributed by atoms with Crippen molar-refractivity contribution >= 4 is 17.3 Å². The Balaban J connectivity index is 2.89. The van der Waals surface area contributed by atoms with Crippen LogP contribution in [0.5, 0.6) is 0 Å². The van der Waals surface area contributed by atoms with Gasteiger partial charge in [-0.05, 0) is 18.8 Å². The molecule has 0 saturated heterocycles. The van der Waals surface area contributed by atoms with E-state index in [9.17, 15) is 19.5 Å². The molecular formula is C10H14O4. The average molecular weight is 198 g/mol. The van der Waals surface area contributed by atoms with Crippen LogP contribution in [-0.4, -0.2) is 28.6 Å². The Kier molecular flexibility index (Phi) is 3.16. The molecule has 14 heavy (non-hydrogen) atoms. The molecule has 3 atom stereocenters. The molecule has 0 aromatic heterocycles. The molecule has 0 heterocycles. The molecule has 1 fully saturated rings. The lowest BCUT2D eigenvalue weighted by molar-refractivity contribution is -0.143. The van der Waals surface area contributed by atoms with Gasteiger partial charge in [-0.3, -0.25) is 14.4 Å². The van der Waals surface area contributed by atoms with E-state index in [0.717, 1.165) is 0 Å². The van der Waals surface area contributed by atoms with E-state index in [2.05, 4.69) is 0 Å². The maximum Gasteiger partial charge on any atom is 0.264 e. The number of carbonyl (C=O) groups excluding carboxylic acids is 3. The summed E-state index contributed by atoms with van der Waals surface area (Å²) < 4.78 is 0. The summed E-state index contributed by atoms with van der Waals surface area (Å²) >= 11 is 0. The zero-order valence-electron chi connectivity index (χ0n) is 8.32. The van der Waals surface area contributed by atoms with E-state index in [0.29, 0.717) is 0 Å². The maximum absolute atomic E-state index is 11.2. The Labute approximate surface area is 82.3 Å². The van der Waals surface area contributed by atoms with Gasteiger partial charge in [0.25, 0.3) is 5.78 Å². The zero-order chi connectivity index (χ0) is 10.9. The van der Waals surface area contributed by atoms with Crippen LogP contribution in [0.3, 0.4) is 0 Å². The summed E-state index contributed by atoms with van der Waals surface area (Å²) in [5.41, 5.74) is 0. The smallest absolute Gasteiger partial charge is 0.264 e. The van der Waals surface area contributed by atoms with Gasteiger partial charge in [0.2, 0.25) is 11.6 Å². The molecule has 4 nitrogen and oxygen atoms in total. The topological polar surface area (TPSA) is 71.4 Å². The fourth-order valence-corrected chi connectivity index (χ4v) is 1.85. The van der Waals surface area contributed by atoms with Gasteiger partial charge in [0.15, 0.2) is 0 Å². The minimum absolute atomic E-state index is 0.0105. The molecule has 78 valence electrons. The summed E-state index contributed by atoms with van der Waals surface area (Å²) in [5, 5.41) is 9.39. The van der Waals surface area contributed by atoms with E-state index < -0.39 is 23.5 Å². The molecule has 3 unspecified atom stereocenters. The van der Waals surface area contributed by atoms with Crippen molar-refractivity contribution in [3.05, 3.63) is 0 Å². The Morgan fingerprint density at radius 1 is 1.21 bits per heavy atom. The second kappa shape index (κ2) is 4.00. The van der Waals surface area contributed by atoms with Gasteiger partial charge in [-0.1, -0.05) is 6.92 Å². The van der Waals surface area contributed by atoms with Crippen LogP contribution in [-0.2, 0) is 14.4 Å². The number of hydrogen-bond acceptors (Lipinski definition) is 4. The fraction of sp³-hybridized carbons (Fsp3) is 0.700. The van der Waals surface area contributed by atoms with Crippen molar-refractivity contribution in [1.29, 1.82) is 0 Å². The van der Waals surface area contributed by atoms with Gasteiger partial charge in [0.1, 0.15) is 0 Å². The Hall–Kier alpha value is -1.03. The lowest BCUT2D eigenvalue weighted by Crippen LogP contribution is -2.25. The highest BCUT2D eigenvalue weighted by atomic mass is 16.3. The second-order valence-corrected chi connectivity index (χ2v) is 3.97. The van der Waals surface area contributed by atoms with Crippen molar-refractivity contribution in [2.45, 2.75) is 32.8 Å². The van der Waals surface area contributed by atoms with Gasteiger partial charge >= 0.3 is 0 Å². The third kappa shape index (κ3) is 2.07. The van der Waals surface area contributed by atoms with Crippen LogP contribution in [0.1, 0.15) is 26.7 Å². The van der Waals surface area contributed by atoms with Crippen molar-refractivity contribution < 1.29 is 19.5 Å². The Bertz CT molecular complexity index is 280. The van der Waals surface area contributed by atoms with E-state index in [1.807, 2.05) is 0 Å². The molecule has 0 amide bonds. The normalized spacial score (nSPS) is 31.5. The van der Waals surface area contributed by atoms with E-state index >= 15 is 0 Å². The van der Waals surface area contributed by atoms with Gasteiger partial charge in [0.05, 0.1) is 6.10 Å². The maximum atomic E-state index is 11.2. The summed E-state index contributed by atoms with van der Waals surface area (Å²) in [6.07, 6.45) is -0.601. The summed E-state index contributed by atoms with van der Waals surface area (Å²) in [6, 6.07) is 0. The number of aliphatic hydroxyl groups excluding tert-OH is 1. The van der Waals surface area contributed by atoms with Crippen molar-refractivity contribution in [2.75, 3.05) is 0 Å². The van der Waals surface area contributed by atoms with Gasteiger partial charge in [-0.25, -0.2) is 0 Å². The third-order valence-electron chi connectivity index (χ3n) is 2.79. The Morgan fingerprint density at radius 3 is 2.21 bits per heavy atom. The predicted octanol–water partition coefficient (Wildman–Crippen LogP) is 0.121. The van der Waals surface area contributed by atoms with Gasteiger partial charge in [0, 0.05) is 12.8 Å². The van der Waals surface area contributed by atoms with Crippen LogP contribution < -0.4 is 0 Å². The fourth-order valence-electron chi connectivity index (χ4n) is 1.85. The minimum atomic E-state index is -0.903. The van der Waals surface area contributed by atoms with E-state index in [-0.39, 0.29) is 24.7 Å². The highest BCUT2D eigenvalue weighted by Gasteiger charge is 2.36. The molecule has 0 spiro atoms. The van der Waals surface area contributed by atoms with Gasteiger partial charge in [-0.15, -0.1) is 0 Å². The summed E-state index contributed by atoms with van der Waals surface area (Å²) in [6.45, 7) is 3.36. The molecule has 1 aliphatic carbocycles. The summed E-state index contributed by atoms with van der Waals surface area (Å²) in [5.74, 6) is -2.58. The highest BCUT2D eigenvalue weighted by molar-refractivity contribution is 6.64. The van der Waals surface area contributed by atoms with Crippen LogP contribution in [0.4, 0.5) is 0 Å². The molecular weight excluding hydrogens is 184 g/mol. The molecule has 0 aromatic rings. The quantitative estimate of drug-likeness (QED) is 0.480. The van der Waals surface area contributed by atoms with Crippen molar-refractivity contribution in [3.63, 3.8) is 0 Å². The lowest BCUT2D eigenvalue weighted by atomic mass is 9.85. The van der Waals surface area contributed by atoms with Crippen LogP contribution in [0.15, 0.2) is 0 Å². The summed E-state index contributed by atoms with van der Waals surface area (Å²) in [7, 11) is 0. The van der Waals surface area contributed by atoms with Crippen molar-refractivity contribution in [3.8, 4) is 0 Å². The van der Waals surface area contributed by atoms with Gasteiger partial charge in [-0.2, -0.15) is 0 Å². The largest absolute Gasteiger partial charge is 0.393 e. The molecule has 1 aliphatic rings. The lowest BCUT2D eigenvalue weighted by Gasteiger charge is -2.22. The van der Waals surface area contributed by atoms with E-state index in [1.54, 1.807) is 13.8 Å². The molecule has 1 saturated carbocycles. The van der Waals surface area contributed by atoms with Crippen molar-refractivity contribution in [1.82, 2.24) is 0 Å². The van der Waals surface area contributed by atoms with Crippen LogP contribution >= 0.6 is 0 Å². The highest BCUT2D eigenvalue weighted by Crippen LogP contribution is 2.26. The molecule has 0 aromatic carbocycles. The third-order valence-corrected chi connectivity index (χ3v) is 2.79. The van der Waals surface area contributed by atoms with E-state index in [4.69, 9.17) is 0 Å². The minimum Gasteiger partial charge on any atom is -0.393 e. The van der Waals surface area contributed by atoms with Crippen LogP contribution in [0.2, 0.25) is 0 Å². The van der Waals surface area contributed by atoms with Gasteiger partial charge < -0.3 is 5.11 Å². The molecule has 0 radical (unpaired) electrons. The number of hydrogen-bond donors (Lipinski definition) is 1. The summed E-state index contributed by atoms with van der Waals surface area (Å²) in [4.78, 5) is 33.4. The monoisotopic (exact) mass is 198 g/mol. The number of aliphatic hydroxyl groups is 1. The standard InChI is InChI=1S/C10H14O4/c1-5-3-8(12)10(14)9(13)4-7(5)6(2)11/h5-7,11H,3-4H2,1-2H3. The molecule has 1 N–H and O–H groups in total. The number of carbonyl (C=O) groups is 3. The molecule has 1 rings (SSSR count).